The molecule has 196 valence electrons. The van der Waals surface area contributed by atoms with E-state index in [2.05, 4.69) is 20.8 Å². The van der Waals surface area contributed by atoms with Crippen LogP contribution in [0.2, 0.25) is 0 Å². The minimum Gasteiger partial charge on any atom is -0.469 e. The van der Waals surface area contributed by atoms with Gasteiger partial charge >= 0.3 is 17.9 Å². The first-order valence-electron chi connectivity index (χ1n) is 13.6. The Hall–Kier alpha value is -1.85. The van der Waals surface area contributed by atoms with Crippen LogP contribution in [0.25, 0.3) is 0 Å². The molecule has 0 aromatic rings. The molecule has 6 heteroatoms. The number of hydrogen-bond acceptors (Lipinski definition) is 6. The highest BCUT2D eigenvalue weighted by molar-refractivity contribution is 5.69. The number of allylic oxidation sites excluding steroid dienone is 1. The lowest BCUT2D eigenvalue weighted by molar-refractivity contribution is -0.160. The van der Waals surface area contributed by atoms with Gasteiger partial charge in [-0.15, -0.1) is 0 Å². The lowest BCUT2D eigenvalue weighted by atomic mass is 9.48. The van der Waals surface area contributed by atoms with Gasteiger partial charge in [-0.25, -0.2) is 0 Å². The van der Waals surface area contributed by atoms with Crippen molar-refractivity contribution in [2.45, 2.75) is 111 Å². The molecule has 6 nitrogen and oxygen atoms in total. The van der Waals surface area contributed by atoms with Crippen LogP contribution in [0.1, 0.15) is 98.8 Å². The maximum Gasteiger partial charge on any atom is 0.305 e. The Labute approximate surface area is 210 Å². The molecule has 0 heterocycles. The largest absolute Gasteiger partial charge is 0.469 e. The van der Waals surface area contributed by atoms with E-state index < -0.39 is 0 Å². The van der Waals surface area contributed by atoms with Gasteiger partial charge in [0.15, 0.2) is 0 Å². The van der Waals surface area contributed by atoms with Crippen LogP contribution >= 0.6 is 0 Å². The minimum absolute atomic E-state index is 0.0319. The van der Waals surface area contributed by atoms with Crippen molar-refractivity contribution in [3.8, 4) is 0 Å². The second-order valence-electron chi connectivity index (χ2n) is 12.2. The van der Waals surface area contributed by atoms with Crippen LogP contribution in [-0.4, -0.2) is 37.2 Å². The van der Waals surface area contributed by atoms with Gasteiger partial charge in [-0.3, -0.25) is 14.4 Å². The topological polar surface area (TPSA) is 78.9 Å². The summed E-state index contributed by atoms with van der Waals surface area (Å²) in [5.41, 5.74) is 3.14. The summed E-state index contributed by atoms with van der Waals surface area (Å²) in [6, 6.07) is 0. The fourth-order valence-corrected chi connectivity index (χ4v) is 8.69. The molecule has 8 atom stereocenters. The summed E-state index contributed by atoms with van der Waals surface area (Å²) in [5, 5.41) is 0. The molecular weight excluding hydrogens is 444 g/mol. The molecule has 4 aliphatic carbocycles. The van der Waals surface area contributed by atoms with E-state index in [0.717, 1.165) is 57.8 Å². The first-order valence-corrected chi connectivity index (χ1v) is 13.6. The fraction of sp³-hybridized carbons (Fsp3) is 0.828. The van der Waals surface area contributed by atoms with E-state index in [4.69, 9.17) is 14.2 Å². The molecule has 35 heavy (non-hydrogen) atoms. The van der Waals surface area contributed by atoms with Gasteiger partial charge < -0.3 is 14.2 Å². The van der Waals surface area contributed by atoms with Gasteiger partial charge in [0.2, 0.25) is 0 Å². The zero-order valence-electron chi connectivity index (χ0n) is 22.5. The standard InChI is InChI=1S/C29H44O6/c1-17(7-12-27(32)33-6)23-10-11-24-22-9-8-20-15-21(34-18(2)30)13-14-28(20,4)25(22)16-26(29(23,24)5)35-19(3)31/h17,20-21,23,25-26H,7-16H2,1-6H3/t17-,20+,21+,23+,25-,26-,28-,29+/m0/s1. The molecule has 0 N–H and O–H groups in total. The Morgan fingerprint density at radius 1 is 1.00 bits per heavy atom. The fourth-order valence-electron chi connectivity index (χ4n) is 8.69. The SMILES string of the molecule is COC(=O)CC[C@H](C)[C@H]1CCC2=C3CC[C@@H]4C[C@H](OC(C)=O)CC[C@]4(C)[C@H]3C[C@H](OC(C)=O)[C@@]21C. The normalized spacial score (nSPS) is 39.1. The molecule has 3 fully saturated rings. The molecule has 4 rings (SSSR count). The van der Waals surface area contributed by atoms with Crippen molar-refractivity contribution in [1.82, 2.24) is 0 Å². The smallest absolute Gasteiger partial charge is 0.305 e. The van der Waals surface area contributed by atoms with Gasteiger partial charge in [-0.05, 0) is 86.9 Å². The third-order valence-electron chi connectivity index (χ3n) is 10.5. The average Bonchev–Trinajstić information content (AvgIpc) is 3.16. The number of rotatable bonds is 6. The Balaban J connectivity index is 1.64. The van der Waals surface area contributed by atoms with Crippen LogP contribution < -0.4 is 0 Å². The molecule has 4 aliphatic rings. The lowest BCUT2D eigenvalue weighted by Gasteiger charge is -2.58. The van der Waals surface area contributed by atoms with Crippen molar-refractivity contribution in [2.75, 3.05) is 7.11 Å². The summed E-state index contributed by atoms with van der Waals surface area (Å²) in [7, 11) is 1.45. The first kappa shape index (κ1) is 26.2. The summed E-state index contributed by atoms with van der Waals surface area (Å²) < 4.78 is 16.6. The molecule has 0 saturated heterocycles. The second-order valence-corrected chi connectivity index (χ2v) is 12.2. The number of methoxy groups -OCH3 is 1. The Kier molecular flexibility index (Phi) is 7.41. The van der Waals surface area contributed by atoms with Gasteiger partial charge in [-0.1, -0.05) is 31.9 Å². The van der Waals surface area contributed by atoms with Crippen molar-refractivity contribution in [3.05, 3.63) is 11.1 Å². The number of carbonyl (C=O) groups is 3. The van der Waals surface area contributed by atoms with Gasteiger partial charge in [0, 0.05) is 25.7 Å². The molecule has 0 amide bonds. The van der Waals surface area contributed by atoms with E-state index in [-0.39, 0.29) is 40.9 Å². The van der Waals surface area contributed by atoms with Crippen molar-refractivity contribution < 1.29 is 28.6 Å². The molecule has 0 bridgehead atoms. The van der Waals surface area contributed by atoms with Crippen molar-refractivity contribution >= 4 is 17.9 Å². The molecule has 0 radical (unpaired) electrons. The summed E-state index contributed by atoms with van der Waals surface area (Å²) in [5.74, 6) is 1.11. The van der Waals surface area contributed by atoms with Crippen LogP contribution in [0, 0.1) is 34.5 Å². The Bertz CT molecular complexity index is 892. The van der Waals surface area contributed by atoms with Gasteiger partial charge in [0.25, 0.3) is 0 Å². The van der Waals surface area contributed by atoms with E-state index in [1.807, 2.05) is 0 Å². The molecule has 0 aromatic carbocycles. The van der Waals surface area contributed by atoms with Gasteiger partial charge in [0.1, 0.15) is 12.2 Å². The third-order valence-corrected chi connectivity index (χ3v) is 10.5. The summed E-state index contributed by atoms with van der Waals surface area (Å²) >= 11 is 0. The van der Waals surface area contributed by atoms with Crippen LogP contribution in [-0.2, 0) is 28.6 Å². The zero-order chi connectivity index (χ0) is 25.5. The quantitative estimate of drug-likeness (QED) is 0.268. The maximum atomic E-state index is 12.3. The number of esters is 3. The molecule has 0 unspecified atom stereocenters. The number of hydrogen-bond donors (Lipinski definition) is 0. The van der Waals surface area contributed by atoms with Gasteiger partial charge in [0.05, 0.1) is 7.11 Å². The van der Waals surface area contributed by atoms with E-state index >= 15 is 0 Å². The van der Waals surface area contributed by atoms with E-state index in [1.54, 1.807) is 5.57 Å². The molecule has 0 aliphatic heterocycles. The summed E-state index contributed by atoms with van der Waals surface area (Å²) in [6.07, 6.45) is 9.26. The lowest BCUT2D eigenvalue weighted by Crippen LogP contribution is -2.53. The Morgan fingerprint density at radius 3 is 2.37 bits per heavy atom. The van der Waals surface area contributed by atoms with Crippen LogP contribution in [0.15, 0.2) is 11.1 Å². The number of fused-ring (bicyclic) bond motifs is 4. The van der Waals surface area contributed by atoms with Gasteiger partial charge in [-0.2, -0.15) is 0 Å². The highest BCUT2D eigenvalue weighted by Gasteiger charge is 2.60. The van der Waals surface area contributed by atoms with E-state index in [0.29, 0.717) is 30.1 Å². The van der Waals surface area contributed by atoms with E-state index in [9.17, 15) is 14.4 Å². The van der Waals surface area contributed by atoms with Crippen LogP contribution in [0.5, 0.6) is 0 Å². The number of carbonyl (C=O) groups excluding carboxylic acids is 3. The molecule has 3 saturated carbocycles. The minimum atomic E-state index is -0.206. The second kappa shape index (κ2) is 9.89. The van der Waals surface area contributed by atoms with Crippen molar-refractivity contribution in [1.29, 1.82) is 0 Å². The average molecular weight is 489 g/mol. The van der Waals surface area contributed by atoms with Crippen molar-refractivity contribution in [2.24, 2.45) is 34.5 Å². The third kappa shape index (κ3) is 4.67. The predicted molar refractivity (Wildman–Crippen MR) is 132 cm³/mol. The summed E-state index contributed by atoms with van der Waals surface area (Å²) in [6.45, 7) is 10.1. The van der Waals surface area contributed by atoms with Crippen molar-refractivity contribution in [3.63, 3.8) is 0 Å². The maximum absolute atomic E-state index is 12.3. The number of ether oxygens (including phenoxy) is 3. The molecule has 0 aromatic heterocycles. The van der Waals surface area contributed by atoms with Crippen LogP contribution in [0.3, 0.4) is 0 Å². The zero-order valence-corrected chi connectivity index (χ0v) is 22.5. The first-order chi connectivity index (χ1) is 16.5. The van der Waals surface area contributed by atoms with Crippen LogP contribution in [0.4, 0.5) is 0 Å². The monoisotopic (exact) mass is 488 g/mol. The molecular formula is C29H44O6. The molecule has 0 spiro atoms. The highest BCUT2D eigenvalue weighted by atomic mass is 16.5. The Morgan fingerprint density at radius 2 is 1.71 bits per heavy atom. The highest BCUT2D eigenvalue weighted by Crippen LogP contribution is 2.66. The van der Waals surface area contributed by atoms with E-state index in [1.165, 1.54) is 26.5 Å². The predicted octanol–water partition coefficient (Wildman–Crippen LogP) is 5.77. The summed E-state index contributed by atoms with van der Waals surface area (Å²) in [4.78, 5) is 35.7.